The average Bonchev–Trinajstić information content (AvgIpc) is 2.47. The van der Waals surface area contributed by atoms with Gasteiger partial charge in [-0.25, -0.2) is 9.18 Å². The van der Waals surface area contributed by atoms with Gasteiger partial charge in [0.15, 0.2) is 0 Å². The van der Waals surface area contributed by atoms with Crippen LogP contribution in [0, 0.1) is 12.7 Å². The minimum absolute atomic E-state index is 0.189. The van der Waals surface area contributed by atoms with Crippen LogP contribution in [0.4, 0.5) is 14.9 Å². The molecule has 0 spiro atoms. The van der Waals surface area contributed by atoms with Gasteiger partial charge in [0.2, 0.25) is 0 Å². The van der Waals surface area contributed by atoms with Crippen LogP contribution in [0.1, 0.15) is 18.1 Å². The van der Waals surface area contributed by atoms with Gasteiger partial charge in [0.25, 0.3) is 0 Å². The third kappa shape index (κ3) is 4.31. The number of hydrogen-bond acceptors (Lipinski definition) is 1. The fraction of sp³-hybridized carbons (Fsp3) is 0.235. The van der Waals surface area contributed by atoms with Gasteiger partial charge in [0.1, 0.15) is 5.82 Å². The fourth-order valence-electron chi connectivity index (χ4n) is 2.02. The van der Waals surface area contributed by atoms with Gasteiger partial charge in [-0.1, -0.05) is 29.8 Å². The number of hydrogen-bond donors (Lipinski definition) is 1. The van der Waals surface area contributed by atoms with Crippen molar-refractivity contribution in [2.75, 3.05) is 11.9 Å². The molecule has 2 aromatic carbocycles. The van der Waals surface area contributed by atoms with Crippen molar-refractivity contribution < 1.29 is 9.18 Å². The summed E-state index contributed by atoms with van der Waals surface area (Å²) in [6, 6.07) is 13.7. The fourth-order valence-corrected chi connectivity index (χ4v) is 2.02. The summed E-state index contributed by atoms with van der Waals surface area (Å²) in [6.07, 6.45) is 0. The monoisotopic (exact) mass is 286 g/mol. The van der Waals surface area contributed by atoms with Crippen LogP contribution in [0.3, 0.4) is 0 Å². The topological polar surface area (TPSA) is 32.3 Å². The van der Waals surface area contributed by atoms with Gasteiger partial charge in [-0.15, -0.1) is 0 Å². The summed E-state index contributed by atoms with van der Waals surface area (Å²) < 4.78 is 13.2. The highest BCUT2D eigenvalue weighted by Gasteiger charge is 2.12. The molecule has 0 bridgehead atoms. The maximum absolute atomic E-state index is 13.2. The van der Waals surface area contributed by atoms with E-state index in [1.54, 1.807) is 11.0 Å². The van der Waals surface area contributed by atoms with Crippen LogP contribution in [-0.2, 0) is 6.54 Å². The minimum Gasteiger partial charge on any atom is -0.320 e. The van der Waals surface area contributed by atoms with Crippen molar-refractivity contribution in [1.29, 1.82) is 0 Å². The second kappa shape index (κ2) is 6.88. The first-order valence-electron chi connectivity index (χ1n) is 6.95. The van der Waals surface area contributed by atoms with Crippen LogP contribution >= 0.6 is 0 Å². The van der Waals surface area contributed by atoms with Crippen molar-refractivity contribution in [1.82, 2.24) is 4.90 Å². The lowest BCUT2D eigenvalue weighted by atomic mass is 10.2. The Morgan fingerprint density at radius 1 is 1.19 bits per heavy atom. The number of aryl methyl sites for hydroxylation is 1. The van der Waals surface area contributed by atoms with E-state index in [4.69, 9.17) is 0 Å². The maximum Gasteiger partial charge on any atom is 0.322 e. The number of urea groups is 1. The second-order valence-corrected chi connectivity index (χ2v) is 4.94. The number of nitrogens with zero attached hydrogens (tertiary/aromatic N) is 1. The molecule has 21 heavy (non-hydrogen) atoms. The smallest absolute Gasteiger partial charge is 0.320 e. The number of rotatable bonds is 4. The van der Waals surface area contributed by atoms with Crippen LogP contribution in [0.15, 0.2) is 48.5 Å². The molecule has 0 radical (unpaired) electrons. The van der Waals surface area contributed by atoms with Gasteiger partial charge in [0, 0.05) is 18.8 Å². The Bertz CT molecular complexity index is 610. The highest BCUT2D eigenvalue weighted by Crippen LogP contribution is 2.12. The van der Waals surface area contributed by atoms with E-state index in [0.717, 1.165) is 16.8 Å². The molecule has 0 heterocycles. The van der Waals surface area contributed by atoms with Crippen molar-refractivity contribution in [3.05, 3.63) is 65.5 Å². The van der Waals surface area contributed by atoms with Crippen molar-refractivity contribution in [2.24, 2.45) is 0 Å². The molecule has 0 aliphatic rings. The van der Waals surface area contributed by atoms with Crippen LogP contribution in [-0.4, -0.2) is 17.5 Å². The Balaban J connectivity index is 2.03. The van der Waals surface area contributed by atoms with E-state index >= 15 is 0 Å². The number of halogens is 1. The van der Waals surface area contributed by atoms with E-state index in [2.05, 4.69) is 5.32 Å². The predicted molar refractivity (Wildman–Crippen MR) is 82.7 cm³/mol. The molecule has 2 amide bonds. The molecule has 0 aliphatic carbocycles. The molecule has 0 aliphatic heterocycles. The average molecular weight is 286 g/mol. The number of carbonyl (C=O) groups is 1. The molecule has 0 saturated carbocycles. The molecule has 0 unspecified atom stereocenters. The van der Waals surface area contributed by atoms with Crippen molar-refractivity contribution >= 4 is 11.7 Å². The van der Waals surface area contributed by atoms with E-state index in [-0.39, 0.29) is 11.8 Å². The molecule has 110 valence electrons. The number of benzene rings is 2. The minimum atomic E-state index is -0.289. The Hall–Kier alpha value is -2.36. The summed E-state index contributed by atoms with van der Waals surface area (Å²) >= 11 is 0. The van der Waals surface area contributed by atoms with Crippen LogP contribution in [0.2, 0.25) is 0 Å². The quantitative estimate of drug-likeness (QED) is 0.898. The predicted octanol–water partition coefficient (Wildman–Crippen LogP) is 4.19. The standard InChI is InChI=1S/C17H19FN2O/c1-3-20(12-14-5-4-6-15(18)11-14)17(21)19-16-9-7-13(2)8-10-16/h4-11H,3,12H2,1-2H3,(H,19,21). The first-order valence-corrected chi connectivity index (χ1v) is 6.95. The van der Waals surface area contributed by atoms with Gasteiger partial charge in [-0.3, -0.25) is 0 Å². The molecule has 0 fully saturated rings. The van der Waals surface area contributed by atoms with Gasteiger partial charge in [-0.2, -0.15) is 0 Å². The molecule has 1 N–H and O–H groups in total. The molecule has 2 rings (SSSR count). The summed E-state index contributed by atoms with van der Waals surface area (Å²) in [4.78, 5) is 13.9. The molecule has 3 nitrogen and oxygen atoms in total. The zero-order valence-electron chi connectivity index (χ0n) is 12.3. The van der Waals surface area contributed by atoms with Gasteiger partial charge >= 0.3 is 6.03 Å². The molecule has 0 aromatic heterocycles. The lowest BCUT2D eigenvalue weighted by Gasteiger charge is -2.21. The van der Waals surface area contributed by atoms with Gasteiger partial charge in [-0.05, 0) is 43.7 Å². The van der Waals surface area contributed by atoms with Gasteiger partial charge < -0.3 is 10.2 Å². The van der Waals surface area contributed by atoms with Crippen molar-refractivity contribution in [3.63, 3.8) is 0 Å². The SMILES string of the molecule is CCN(Cc1cccc(F)c1)C(=O)Nc1ccc(C)cc1. The lowest BCUT2D eigenvalue weighted by Crippen LogP contribution is -2.34. The Labute approximate surface area is 124 Å². The summed E-state index contributed by atoms with van der Waals surface area (Å²) in [7, 11) is 0. The number of nitrogens with one attached hydrogen (secondary N) is 1. The Morgan fingerprint density at radius 2 is 1.90 bits per heavy atom. The zero-order chi connectivity index (χ0) is 15.2. The first-order chi connectivity index (χ1) is 10.1. The second-order valence-electron chi connectivity index (χ2n) is 4.94. The largest absolute Gasteiger partial charge is 0.322 e. The third-order valence-electron chi connectivity index (χ3n) is 3.23. The van der Waals surface area contributed by atoms with E-state index in [9.17, 15) is 9.18 Å². The number of carbonyl (C=O) groups excluding carboxylic acids is 1. The van der Waals surface area contributed by atoms with E-state index in [1.807, 2.05) is 44.2 Å². The molecule has 4 heteroatoms. The third-order valence-corrected chi connectivity index (χ3v) is 3.23. The number of amides is 2. The summed E-state index contributed by atoms with van der Waals surface area (Å²) in [6.45, 7) is 4.82. The van der Waals surface area contributed by atoms with Crippen LogP contribution < -0.4 is 5.32 Å². The van der Waals surface area contributed by atoms with E-state index in [1.165, 1.54) is 12.1 Å². The number of anilines is 1. The molecular formula is C17H19FN2O. The van der Waals surface area contributed by atoms with E-state index in [0.29, 0.717) is 13.1 Å². The highest BCUT2D eigenvalue weighted by atomic mass is 19.1. The highest BCUT2D eigenvalue weighted by molar-refractivity contribution is 5.89. The van der Waals surface area contributed by atoms with Crippen molar-refractivity contribution in [2.45, 2.75) is 20.4 Å². The Morgan fingerprint density at radius 3 is 2.52 bits per heavy atom. The van der Waals surface area contributed by atoms with E-state index < -0.39 is 0 Å². The Kier molecular flexibility index (Phi) is 4.93. The molecular weight excluding hydrogens is 267 g/mol. The summed E-state index contributed by atoms with van der Waals surface area (Å²) in [5.41, 5.74) is 2.67. The normalized spacial score (nSPS) is 10.2. The summed E-state index contributed by atoms with van der Waals surface area (Å²) in [5, 5.41) is 2.85. The zero-order valence-corrected chi connectivity index (χ0v) is 12.3. The maximum atomic E-state index is 13.2. The summed E-state index contributed by atoms with van der Waals surface area (Å²) in [5.74, 6) is -0.289. The van der Waals surface area contributed by atoms with Crippen LogP contribution in [0.25, 0.3) is 0 Å². The lowest BCUT2D eigenvalue weighted by molar-refractivity contribution is 0.212. The molecule has 0 atom stereocenters. The van der Waals surface area contributed by atoms with Crippen LogP contribution in [0.5, 0.6) is 0 Å². The molecule has 0 saturated heterocycles. The van der Waals surface area contributed by atoms with Crippen molar-refractivity contribution in [3.8, 4) is 0 Å². The first kappa shape index (κ1) is 15.0. The molecule has 2 aromatic rings. The van der Waals surface area contributed by atoms with Gasteiger partial charge in [0.05, 0.1) is 0 Å².